The van der Waals surface area contributed by atoms with Crippen molar-refractivity contribution in [1.82, 2.24) is 9.97 Å². The van der Waals surface area contributed by atoms with E-state index in [0.29, 0.717) is 12.4 Å². The monoisotopic (exact) mass is 243 g/mol. The topological polar surface area (TPSA) is 75.1 Å². The maximum Gasteiger partial charge on any atom is 0.354 e. The summed E-state index contributed by atoms with van der Waals surface area (Å²) in [6.07, 6.45) is 3.52. The zero-order chi connectivity index (χ0) is 13.0. The second-order valence-corrected chi connectivity index (χ2v) is 3.87. The van der Waals surface area contributed by atoms with Crippen LogP contribution >= 0.6 is 0 Å². The summed E-state index contributed by atoms with van der Waals surface area (Å²) >= 11 is 0. The van der Waals surface area contributed by atoms with Crippen molar-refractivity contribution in [3.05, 3.63) is 53.5 Å². The van der Waals surface area contributed by atoms with Gasteiger partial charge in [0, 0.05) is 18.9 Å². The highest BCUT2D eigenvalue weighted by molar-refractivity contribution is 5.85. The number of aromatic carboxylic acids is 1. The summed E-state index contributed by atoms with van der Waals surface area (Å²) in [5.41, 5.74) is 2.22. The third-order valence-electron chi connectivity index (χ3n) is 2.56. The fourth-order valence-electron chi connectivity index (χ4n) is 1.54. The van der Waals surface area contributed by atoms with Crippen molar-refractivity contribution in [2.24, 2.45) is 0 Å². The molecular weight excluding hydrogens is 230 g/mol. The van der Waals surface area contributed by atoms with Crippen LogP contribution in [0.2, 0.25) is 0 Å². The lowest BCUT2D eigenvalue weighted by Crippen LogP contribution is -2.06. The zero-order valence-corrected chi connectivity index (χ0v) is 9.92. The van der Waals surface area contributed by atoms with Gasteiger partial charge < -0.3 is 10.4 Å². The number of aryl methyl sites for hydroxylation is 1. The fraction of sp³-hybridized carbons (Fsp3) is 0.154. The maximum atomic E-state index is 10.8. The molecule has 0 fully saturated rings. The average molecular weight is 243 g/mol. The van der Waals surface area contributed by atoms with E-state index < -0.39 is 5.97 Å². The molecule has 0 amide bonds. The normalized spacial score (nSPS) is 10.1. The van der Waals surface area contributed by atoms with Crippen molar-refractivity contribution in [3.8, 4) is 0 Å². The van der Waals surface area contributed by atoms with Gasteiger partial charge in [0.05, 0.1) is 0 Å². The standard InChI is InChI=1S/C13H13N3O2/c1-9-7-14-6-5-10(9)8-15-12-4-2-3-11(16-12)13(17)18/h2-7H,8H2,1H3,(H,15,16)(H,17,18). The summed E-state index contributed by atoms with van der Waals surface area (Å²) in [4.78, 5) is 18.8. The number of aromatic nitrogens is 2. The van der Waals surface area contributed by atoms with Gasteiger partial charge in [0.2, 0.25) is 0 Å². The molecule has 0 radical (unpaired) electrons. The van der Waals surface area contributed by atoms with E-state index in [1.807, 2.05) is 13.0 Å². The average Bonchev–Trinajstić information content (AvgIpc) is 2.38. The smallest absolute Gasteiger partial charge is 0.354 e. The van der Waals surface area contributed by atoms with Crippen LogP contribution in [-0.2, 0) is 6.54 Å². The molecule has 2 aromatic rings. The first-order chi connectivity index (χ1) is 8.66. The summed E-state index contributed by atoms with van der Waals surface area (Å²) in [6, 6.07) is 6.79. The molecule has 0 aliphatic carbocycles. The number of carbonyl (C=O) groups is 1. The summed E-state index contributed by atoms with van der Waals surface area (Å²) in [5, 5.41) is 11.9. The van der Waals surface area contributed by atoms with Crippen molar-refractivity contribution in [2.75, 3.05) is 5.32 Å². The number of nitrogens with one attached hydrogen (secondary N) is 1. The number of hydrogen-bond acceptors (Lipinski definition) is 4. The molecule has 0 aromatic carbocycles. The Labute approximate surface area is 105 Å². The fourth-order valence-corrected chi connectivity index (χ4v) is 1.54. The number of hydrogen-bond donors (Lipinski definition) is 2. The molecule has 5 heteroatoms. The van der Waals surface area contributed by atoms with Gasteiger partial charge in [-0.05, 0) is 36.2 Å². The SMILES string of the molecule is Cc1cnccc1CNc1cccc(C(=O)O)n1. The first-order valence-corrected chi connectivity index (χ1v) is 5.50. The number of anilines is 1. The minimum Gasteiger partial charge on any atom is -0.477 e. The zero-order valence-electron chi connectivity index (χ0n) is 9.92. The van der Waals surface area contributed by atoms with Crippen molar-refractivity contribution < 1.29 is 9.90 Å². The number of carboxylic acid groups (broad SMARTS) is 1. The summed E-state index contributed by atoms with van der Waals surface area (Å²) < 4.78 is 0. The Morgan fingerprint density at radius 3 is 2.94 bits per heavy atom. The predicted octanol–water partition coefficient (Wildman–Crippen LogP) is 2.10. The van der Waals surface area contributed by atoms with E-state index in [1.54, 1.807) is 24.5 Å². The number of rotatable bonds is 4. The van der Waals surface area contributed by atoms with E-state index in [-0.39, 0.29) is 5.69 Å². The Morgan fingerprint density at radius 2 is 2.22 bits per heavy atom. The summed E-state index contributed by atoms with van der Waals surface area (Å²) in [7, 11) is 0. The van der Waals surface area contributed by atoms with Gasteiger partial charge in [-0.2, -0.15) is 0 Å². The van der Waals surface area contributed by atoms with E-state index in [2.05, 4.69) is 15.3 Å². The molecular formula is C13H13N3O2. The van der Waals surface area contributed by atoms with Crippen molar-refractivity contribution >= 4 is 11.8 Å². The van der Waals surface area contributed by atoms with Gasteiger partial charge in [-0.3, -0.25) is 4.98 Å². The van der Waals surface area contributed by atoms with Gasteiger partial charge in [-0.25, -0.2) is 9.78 Å². The molecule has 0 saturated heterocycles. The lowest BCUT2D eigenvalue weighted by atomic mass is 10.1. The third kappa shape index (κ3) is 2.82. The highest BCUT2D eigenvalue weighted by Gasteiger charge is 2.05. The third-order valence-corrected chi connectivity index (χ3v) is 2.56. The molecule has 0 saturated carbocycles. The predicted molar refractivity (Wildman–Crippen MR) is 67.5 cm³/mol. The molecule has 0 unspecified atom stereocenters. The van der Waals surface area contributed by atoms with Crippen LogP contribution in [0.3, 0.4) is 0 Å². The molecule has 18 heavy (non-hydrogen) atoms. The Hall–Kier alpha value is -2.43. The molecule has 2 aromatic heterocycles. The first kappa shape index (κ1) is 12.0. The number of carboxylic acids is 1. The largest absolute Gasteiger partial charge is 0.477 e. The van der Waals surface area contributed by atoms with E-state index >= 15 is 0 Å². The Morgan fingerprint density at radius 1 is 1.39 bits per heavy atom. The molecule has 0 aliphatic heterocycles. The summed E-state index contributed by atoms with van der Waals surface area (Å²) in [6.45, 7) is 2.57. The second-order valence-electron chi connectivity index (χ2n) is 3.87. The van der Waals surface area contributed by atoms with Gasteiger partial charge >= 0.3 is 5.97 Å². The number of nitrogens with zero attached hydrogens (tertiary/aromatic N) is 2. The second kappa shape index (κ2) is 5.27. The van der Waals surface area contributed by atoms with Crippen molar-refractivity contribution in [2.45, 2.75) is 13.5 Å². The quantitative estimate of drug-likeness (QED) is 0.860. The van der Waals surface area contributed by atoms with E-state index in [0.717, 1.165) is 11.1 Å². The van der Waals surface area contributed by atoms with E-state index in [9.17, 15) is 4.79 Å². The summed E-state index contributed by atoms with van der Waals surface area (Å²) in [5.74, 6) is -0.482. The highest BCUT2D eigenvalue weighted by atomic mass is 16.4. The highest BCUT2D eigenvalue weighted by Crippen LogP contribution is 2.10. The van der Waals surface area contributed by atoms with Gasteiger partial charge in [0.25, 0.3) is 0 Å². The molecule has 2 rings (SSSR count). The maximum absolute atomic E-state index is 10.8. The number of pyridine rings is 2. The molecule has 0 bridgehead atoms. The van der Waals surface area contributed by atoms with E-state index in [1.165, 1.54) is 6.07 Å². The van der Waals surface area contributed by atoms with Crippen LogP contribution in [0.15, 0.2) is 36.7 Å². The molecule has 92 valence electrons. The molecule has 0 spiro atoms. The first-order valence-electron chi connectivity index (χ1n) is 5.50. The molecule has 2 heterocycles. The lowest BCUT2D eigenvalue weighted by molar-refractivity contribution is 0.0690. The minimum absolute atomic E-state index is 0.0338. The molecule has 5 nitrogen and oxygen atoms in total. The van der Waals surface area contributed by atoms with Gasteiger partial charge in [0.1, 0.15) is 5.82 Å². The molecule has 0 atom stereocenters. The van der Waals surface area contributed by atoms with Crippen LogP contribution in [0.4, 0.5) is 5.82 Å². The van der Waals surface area contributed by atoms with Gasteiger partial charge in [-0.1, -0.05) is 6.07 Å². The lowest BCUT2D eigenvalue weighted by Gasteiger charge is -2.08. The van der Waals surface area contributed by atoms with Crippen LogP contribution < -0.4 is 5.32 Å². The van der Waals surface area contributed by atoms with Crippen LogP contribution in [0.1, 0.15) is 21.6 Å². The van der Waals surface area contributed by atoms with Gasteiger partial charge in [-0.15, -0.1) is 0 Å². The Kier molecular flexibility index (Phi) is 3.52. The van der Waals surface area contributed by atoms with Crippen LogP contribution in [-0.4, -0.2) is 21.0 Å². The van der Waals surface area contributed by atoms with Crippen molar-refractivity contribution in [3.63, 3.8) is 0 Å². The Balaban J connectivity index is 2.09. The Bertz CT molecular complexity index is 570. The molecule has 0 aliphatic rings. The van der Waals surface area contributed by atoms with Gasteiger partial charge in [0.15, 0.2) is 5.69 Å². The van der Waals surface area contributed by atoms with Crippen LogP contribution in [0.5, 0.6) is 0 Å². The van der Waals surface area contributed by atoms with Crippen LogP contribution in [0, 0.1) is 6.92 Å². The van der Waals surface area contributed by atoms with Crippen LogP contribution in [0.25, 0.3) is 0 Å². The van der Waals surface area contributed by atoms with E-state index in [4.69, 9.17) is 5.11 Å². The minimum atomic E-state index is -1.03. The molecule has 2 N–H and O–H groups in total. The van der Waals surface area contributed by atoms with Crippen molar-refractivity contribution in [1.29, 1.82) is 0 Å².